The van der Waals surface area contributed by atoms with E-state index in [1.807, 2.05) is 0 Å². The summed E-state index contributed by atoms with van der Waals surface area (Å²) in [5, 5.41) is 4.16. The monoisotopic (exact) mass is 194 g/mol. The standard InChI is InChI=1S/C2H2S3.2ClH/c1-2-4-5-3-1;;/h1-2H;2*1H. The van der Waals surface area contributed by atoms with Crippen molar-refractivity contribution in [2.24, 2.45) is 0 Å². The SMILES string of the molecule is C1=CSSS1.Cl.Cl. The zero-order valence-corrected chi connectivity index (χ0v) is 7.28. The largest absolute Gasteiger partial charge is 0.147 e. The van der Waals surface area contributed by atoms with Crippen LogP contribution in [0, 0.1) is 0 Å². The first-order chi connectivity index (χ1) is 2.50. The number of rotatable bonds is 0. The third-order valence-electron chi connectivity index (χ3n) is 0.245. The van der Waals surface area contributed by atoms with E-state index in [0.29, 0.717) is 0 Å². The zero-order chi connectivity index (χ0) is 3.54. The van der Waals surface area contributed by atoms with Gasteiger partial charge in [0.25, 0.3) is 0 Å². The molecule has 0 radical (unpaired) electrons. The van der Waals surface area contributed by atoms with Gasteiger partial charge >= 0.3 is 0 Å². The minimum Gasteiger partial charge on any atom is -0.147 e. The molecule has 1 aliphatic heterocycles. The van der Waals surface area contributed by atoms with Crippen LogP contribution in [-0.2, 0) is 0 Å². The molecular formula is C2H4Cl2S3. The van der Waals surface area contributed by atoms with Crippen molar-refractivity contribution >= 4 is 56.2 Å². The summed E-state index contributed by atoms with van der Waals surface area (Å²) in [5.41, 5.74) is 0. The van der Waals surface area contributed by atoms with Crippen molar-refractivity contribution in [3.63, 3.8) is 0 Å². The van der Waals surface area contributed by atoms with Crippen LogP contribution in [0.15, 0.2) is 10.8 Å². The smallest absolute Gasteiger partial charge is 0.0101 e. The molecule has 0 aromatic carbocycles. The minimum absolute atomic E-state index is 0. The maximum absolute atomic E-state index is 2.08. The summed E-state index contributed by atoms with van der Waals surface area (Å²) in [7, 11) is 5.34. The molecule has 0 aromatic heterocycles. The van der Waals surface area contributed by atoms with Crippen molar-refractivity contribution in [3.05, 3.63) is 10.8 Å². The molecule has 0 aromatic rings. The van der Waals surface area contributed by atoms with E-state index in [2.05, 4.69) is 10.8 Å². The van der Waals surface area contributed by atoms with Gasteiger partial charge in [0.1, 0.15) is 0 Å². The van der Waals surface area contributed by atoms with E-state index in [0.717, 1.165) is 0 Å². The molecule has 0 bridgehead atoms. The van der Waals surface area contributed by atoms with Gasteiger partial charge < -0.3 is 0 Å². The van der Waals surface area contributed by atoms with Crippen LogP contribution in [0.25, 0.3) is 0 Å². The fraction of sp³-hybridized carbons (Fsp3) is 0. The highest BCUT2D eigenvalue weighted by Crippen LogP contribution is 2.42. The number of halogens is 2. The molecule has 0 amide bonds. The van der Waals surface area contributed by atoms with Crippen LogP contribution in [0.1, 0.15) is 0 Å². The third kappa shape index (κ3) is 5.24. The van der Waals surface area contributed by atoms with Gasteiger partial charge in [-0.15, -0.1) is 24.8 Å². The van der Waals surface area contributed by atoms with Crippen LogP contribution in [0.4, 0.5) is 0 Å². The lowest BCUT2D eigenvalue weighted by Gasteiger charge is -1.68. The van der Waals surface area contributed by atoms with Crippen molar-refractivity contribution in [3.8, 4) is 0 Å². The lowest BCUT2D eigenvalue weighted by atomic mass is 11.3. The van der Waals surface area contributed by atoms with E-state index >= 15 is 0 Å². The van der Waals surface area contributed by atoms with Crippen LogP contribution in [-0.4, -0.2) is 0 Å². The van der Waals surface area contributed by atoms with Crippen LogP contribution < -0.4 is 0 Å². The third-order valence-corrected chi connectivity index (χ3v) is 3.62. The molecule has 0 saturated carbocycles. The van der Waals surface area contributed by atoms with Crippen molar-refractivity contribution in [2.45, 2.75) is 0 Å². The molecule has 0 unspecified atom stereocenters. The summed E-state index contributed by atoms with van der Waals surface area (Å²) in [6.45, 7) is 0. The Morgan fingerprint density at radius 1 is 0.857 bits per heavy atom. The van der Waals surface area contributed by atoms with Gasteiger partial charge in [-0.1, -0.05) is 21.6 Å². The van der Waals surface area contributed by atoms with Crippen LogP contribution in [0.3, 0.4) is 0 Å². The van der Waals surface area contributed by atoms with Crippen molar-refractivity contribution in [1.29, 1.82) is 0 Å². The first-order valence-corrected chi connectivity index (χ1v) is 4.75. The summed E-state index contributed by atoms with van der Waals surface area (Å²) >= 11 is 0. The van der Waals surface area contributed by atoms with Gasteiger partial charge in [0.15, 0.2) is 0 Å². The van der Waals surface area contributed by atoms with Gasteiger partial charge in [0.2, 0.25) is 0 Å². The Balaban J connectivity index is 0. The molecule has 7 heavy (non-hydrogen) atoms. The van der Waals surface area contributed by atoms with Gasteiger partial charge in [-0.05, 0) is 20.6 Å². The highest BCUT2D eigenvalue weighted by atomic mass is 35.5. The highest BCUT2D eigenvalue weighted by Gasteiger charge is 1.87. The van der Waals surface area contributed by atoms with E-state index in [4.69, 9.17) is 0 Å². The van der Waals surface area contributed by atoms with E-state index in [9.17, 15) is 0 Å². The second-order valence-electron chi connectivity index (χ2n) is 0.533. The summed E-state index contributed by atoms with van der Waals surface area (Å²) in [6.07, 6.45) is 0. The average molecular weight is 195 g/mol. The molecule has 0 nitrogen and oxygen atoms in total. The fourth-order valence-electron chi connectivity index (χ4n) is 0.113. The van der Waals surface area contributed by atoms with Gasteiger partial charge in [-0.25, -0.2) is 0 Å². The lowest BCUT2D eigenvalue weighted by Crippen LogP contribution is -1.12. The molecule has 44 valence electrons. The zero-order valence-electron chi connectivity index (χ0n) is 3.20. The Morgan fingerprint density at radius 2 is 1.29 bits per heavy atom. The fourth-order valence-corrected chi connectivity index (χ4v) is 3.06. The second kappa shape index (κ2) is 7.37. The summed E-state index contributed by atoms with van der Waals surface area (Å²) in [5.74, 6) is 0. The predicted molar refractivity (Wildman–Crippen MR) is 46.4 cm³/mol. The number of hydrogen-bond acceptors (Lipinski definition) is 3. The molecule has 0 spiro atoms. The molecule has 0 saturated heterocycles. The Morgan fingerprint density at radius 3 is 1.43 bits per heavy atom. The van der Waals surface area contributed by atoms with E-state index in [-0.39, 0.29) is 24.8 Å². The maximum atomic E-state index is 2.08. The maximum Gasteiger partial charge on any atom is -0.0101 e. The van der Waals surface area contributed by atoms with Crippen LogP contribution in [0.2, 0.25) is 0 Å². The molecule has 0 N–H and O–H groups in total. The Bertz CT molecular complexity index is 48.9. The Labute approximate surface area is 66.9 Å². The molecule has 1 rings (SSSR count). The Kier molecular flexibility index (Phi) is 11.8. The van der Waals surface area contributed by atoms with Crippen molar-refractivity contribution < 1.29 is 0 Å². The minimum atomic E-state index is 0. The summed E-state index contributed by atoms with van der Waals surface area (Å²) < 4.78 is 0. The van der Waals surface area contributed by atoms with E-state index in [1.165, 1.54) is 0 Å². The predicted octanol–water partition coefficient (Wildman–Crippen LogP) is 3.34. The van der Waals surface area contributed by atoms with Gasteiger partial charge in [0, 0.05) is 0 Å². The summed E-state index contributed by atoms with van der Waals surface area (Å²) in [4.78, 5) is 0. The first-order valence-electron chi connectivity index (χ1n) is 1.14. The first kappa shape index (κ1) is 11.2. The molecule has 1 heterocycles. The molecule has 5 heteroatoms. The van der Waals surface area contributed by atoms with E-state index < -0.39 is 0 Å². The molecule has 0 fully saturated rings. The van der Waals surface area contributed by atoms with Gasteiger partial charge in [-0.2, -0.15) is 0 Å². The topological polar surface area (TPSA) is 0 Å². The van der Waals surface area contributed by atoms with Gasteiger partial charge in [0.05, 0.1) is 0 Å². The molecule has 1 aliphatic rings. The van der Waals surface area contributed by atoms with Crippen LogP contribution >= 0.6 is 56.2 Å². The molecule has 0 atom stereocenters. The normalized spacial score (nSPS) is 14.9. The second-order valence-corrected chi connectivity index (χ2v) is 4.39. The molecular weight excluding hydrogens is 191 g/mol. The van der Waals surface area contributed by atoms with Crippen LogP contribution in [0.5, 0.6) is 0 Å². The van der Waals surface area contributed by atoms with Gasteiger partial charge in [-0.3, -0.25) is 0 Å². The average Bonchev–Trinajstić information content (AvgIpc) is 1.76. The van der Waals surface area contributed by atoms with E-state index in [1.54, 1.807) is 31.4 Å². The quantitative estimate of drug-likeness (QED) is 0.544. The van der Waals surface area contributed by atoms with Crippen molar-refractivity contribution in [2.75, 3.05) is 0 Å². The lowest BCUT2D eigenvalue weighted by molar-refractivity contribution is 2.61. The summed E-state index contributed by atoms with van der Waals surface area (Å²) in [6, 6.07) is 0. The number of hydrogen-bond donors (Lipinski definition) is 0. The van der Waals surface area contributed by atoms with Crippen molar-refractivity contribution in [1.82, 2.24) is 0 Å². The molecule has 0 aliphatic carbocycles. The highest BCUT2D eigenvalue weighted by molar-refractivity contribution is 9.11. The Hall–Kier alpha value is 1.37.